The summed E-state index contributed by atoms with van der Waals surface area (Å²) >= 11 is 0. The Morgan fingerprint density at radius 2 is 2.10 bits per heavy atom. The smallest absolute Gasteiger partial charge is 0.145 e. The van der Waals surface area contributed by atoms with Gasteiger partial charge in [0.25, 0.3) is 0 Å². The van der Waals surface area contributed by atoms with E-state index in [4.69, 9.17) is 4.74 Å². The molecule has 6 nitrogen and oxygen atoms in total. The number of allylic oxidation sites excluding steroid dienone is 5. The van der Waals surface area contributed by atoms with Crippen LogP contribution in [-0.4, -0.2) is 65.7 Å². The lowest BCUT2D eigenvalue weighted by atomic mass is 9.52. The number of hydrogen-bond donors (Lipinski definition) is 4. The summed E-state index contributed by atoms with van der Waals surface area (Å²) in [6, 6.07) is 0.119. The second kappa shape index (κ2) is 15.3. The maximum Gasteiger partial charge on any atom is 0.145 e. The van der Waals surface area contributed by atoms with Gasteiger partial charge < -0.3 is 25.4 Å². The third-order valence-electron chi connectivity index (χ3n) is 9.67. The highest BCUT2D eigenvalue weighted by Gasteiger charge is 2.63. The van der Waals surface area contributed by atoms with Gasteiger partial charge in [0.15, 0.2) is 0 Å². The lowest BCUT2D eigenvalue weighted by molar-refractivity contribution is -0.167. The molecule has 0 aromatic carbocycles. The molecule has 0 aromatic heterocycles. The SMILES string of the molecule is C=C1/C=C/C=C(/[C@H]2CC[C@@]3([C@H](CCCO)/C(=C(\C)C=O)CC[C@@]3(C)O)[C@@H]2O)COCC#CC/C(C)=C\C[C@@H]1NCC. The Morgan fingerprint density at radius 1 is 1.32 bits per heavy atom. The highest BCUT2D eigenvalue weighted by Crippen LogP contribution is 2.62. The van der Waals surface area contributed by atoms with Crippen molar-refractivity contribution < 1.29 is 24.9 Å². The monoisotopic (exact) mass is 565 g/mol. The van der Waals surface area contributed by atoms with Gasteiger partial charge in [0.2, 0.25) is 0 Å². The molecule has 3 aliphatic rings. The van der Waals surface area contributed by atoms with Crippen LogP contribution in [0.15, 0.2) is 58.7 Å². The molecule has 226 valence electrons. The molecule has 1 heterocycles. The topological polar surface area (TPSA) is 99.0 Å². The van der Waals surface area contributed by atoms with Crippen LogP contribution < -0.4 is 5.32 Å². The van der Waals surface area contributed by atoms with Crippen molar-refractivity contribution in [2.75, 3.05) is 26.4 Å². The van der Waals surface area contributed by atoms with E-state index < -0.39 is 17.1 Å². The standard InChI is InChI=1S/C35H51NO5/c1-6-36-32-16-15-25(2)11-7-8-22-41-24-28(13-9-12-26(32)3)30-18-20-35(33(30)39)31(14-10-21-37)29(27(4)23-38)17-19-34(35,5)40/h9,12-13,15,23,30-33,36-37,39-40H,3,6,10-11,14,16-22,24H2,1-2,4-5H3/b12-9+,25-15-,28-13+,29-27+/t30-,31-,32+,33-,34-,35-/m1/s1. The van der Waals surface area contributed by atoms with Crippen molar-refractivity contribution in [1.82, 2.24) is 5.32 Å². The molecule has 6 atom stereocenters. The molecule has 0 unspecified atom stereocenters. The van der Waals surface area contributed by atoms with Crippen molar-refractivity contribution in [2.45, 2.75) is 96.8 Å². The number of aldehydes is 1. The van der Waals surface area contributed by atoms with E-state index in [1.54, 1.807) is 0 Å². The van der Waals surface area contributed by atoms with Crippen LogP contribution in [0.4, 0.5) is 0 Å². The Balaban J connectivity index is 1.99. The van der Waals surface area contributed by atoms with E-state index in [0.29, 0.717) is 63.7 Å². The van der Waals surface area contributed by atoms with E-state index in [1.807, 2.05) is 32.1 Å². The summed E-state index contributed by atoms with van der Waals surface area (Å²) < 4.78 is 6.01. The lowest BCUT2D eigenvalue weighted by Crippen LogP contribution is -2.59. The summed E-state index contributed by atoms with van der Waals surface area (Å²) in [5, 5.41) is 37.3. The molecule has 2 aliphatic carbocycles. The van der Waals surface area contributed by atoms with Crippen LogP contribution >= 0.6 is 0 Å². The van der Waals surface area contributed by atoms with Crippen molar-refractivity contribution in [2.24, 2.45) is 17.3 Å². The number of carbonyl (C=O) groups is 1. The van der Waals surface area contributed by atoms with Gasteiger partial charge in [-0.2, -0.15) is 0 Å². The Labute approximate surface area is 247 Å². The predicted octanol–water partition coefficient (Wildman–Crippen LogP) is 4.97. The normalized spacial score (nSPS) is 38.0. The maximum atomic E-state index is 12.2. The minimum atomic E-state index is -1.12. The molecule has 0 amide bonds. The summed E-state index contributed by atoms with van der Waals surface area (Å²) in [6.45, 7) is 13.7. The van der Waals surface area contributed by atoms with Crippen molar-refractivity contribution in [3.8, 4) is 11.8 Å². The Bertz CT molecular complexity index is 1120. The van der Waals surface area contributed by atoms with Crippen molar-refractivity contribution in [3.05, 3.63) is 58.7 Å². The van der Waals surface area contributed by atoms with Gasteiger partial charge in [0, 0.05) is 30.4 Å². The van der Waals surface area contributed by atoms with Crippen LogP contribution in [0.3, 0.4) is 0 Å². The Hall–Kier alpha value is -2.27. The van der Waals surface area contributed by atoms with Gasteiger partial charge >= 0.3 is 0 Å². The number of aliphatic hydroxyl groups is 3. The molecule has 41 heavy (non-hydrogen) atoms. The van der Waals surface area contributed by atoms with Gasteiger partial charge in [0.1, 0.15) is 12.9 Å². The number of ether oxygens (including phenoxy) is 1. The molecule has 0 bridgehead atoms. The number of hydrogen-bond acceptors (Lipinski definition) is 6. The molecule has 1 spiro atoms. The van der Waals surface area contributed by atoms with Crippen LogP contribution in [-0.2, 0) is 9.53 Å². The minimum absolute atomic E-state index is 0.0271. The van der Waals surface area contributed by atoms with E-state index in [9.17, 15) is 20.1 Å². The van der Waals surface area contributed by atoms with Gasteiger partial charge in [0.05, 0.1) is 18.3 Å². The van der Waals surface area contributed by atoms with Gasteiger partial charge in [-0.25, -0.2) is 0 Å². The van der Waals surface area contributed by atoms with Crippen LogP contribution in [0.2, 0.25) is 0 Å². The van der Waals surface area contributed by atoms with Crippen LogP contribution in [0.5, 0.6) is 0 Å². The molecule has 0 aromatic rings. The fraction of sp³-hybridized carbons (Fsp3) is 0.629. The minimum Gasteiger partial charge on any atom is -0.396 e. The number of likely N-dealkylation sites (N-methyl/N-ethyl adjacent to an activating group) is 1. The summed E-state index contributed by atoms with van der Waals surface area (Å²) in [4.78, 5) is 11.8. The average Bonchev–Trinajstić information content (AvgIpc) is 3.29. The first-order valence-electron chi connectivity index (χ1n) is 15.3. The first kappa shape index (κ1) is 33.2. The molecule has 0 radical (unpaired) electrons. The number of nitrogens with one attached hydrogen (secondary N) is 1. The molecule has 6 heteroatoms. The highest BCUT2D eigenvalue weighted by molar-refractivity contribution is 5.74. The van der Waals surface area contributed by atoms with Gasteiger partial charge in [-0.15, -0.1) is 0 Å². The van der Waals surface area contributed by atoms with Gasteiger partial charge in [-0.05, 0) is 94.9 Å². The van der Waals surface area contributed by atoms with Crippen molar-refractivity contribution >= 4 is 6.29 Å². The van der Waals surface area contributed by atoms with E-state index >= 15 is 0 Å². The molecular formula is C35H51NO5. The van der Waals surface area contributed by atoms with E-state index in [0.717, 1.165) is 36.0 Å². The fourth-order valence-electron chi connectivity index (χ4n) is 7.33. The second-order valence-corrected chi connectivity index (χ2v) is 12.2. The molecule has 0 saturated heterocycles. The molecule has 3 rings (SSSR count). The number of rotatable bonds is 7. The van der Waals surface area contributed by atoms with Gasteiger partial charge in [-0.1, -0.05) is 60.8 Å². The second-order valence-electron chi connectivity index (χ2n) is 12.2. The zero-order chi connectivity index (χ0) is 30.0. The molecule has 2 saturated carbocycles. The average molecular weight is 566 g/mol. The zero-order valence-electron chi connectivity index (χ0n) is 25.5. The molecule has 1 aliphatic heterocycles. The lowest BCUT2D eigenvalue weighted by Gasteiger charge is -2.55. The Kier molecular flexibility index (Phi) is 12.4. The zero-order valence-corrected chi connectivity index (χ0v) is 25.5. The first-order chi connectivity index (χ1) is 19.6. The van der Waals surface area contributed by atoms with Crippen molar-refractivity contribution in [1.29, 1.82) is 0 Å². The molecule has 4 N–H and O–H groups in total. The fourth-order valence-corrected chi connectivity index (χ4v) is 7.33. The summed E-state index contributed by atoms with van der Waals surface area (Å²) in [5.41, 5.74) is 2.91. The molecule has 2 fully saturated rings. The largest absolute Gasteiger partial charge is 0.396 e. The van der Waals surface area contributed by atoms with Crippen LogP contribution in [0.25, 0.3) is 0 Å². The third-order valence-corrected chi connectivity index (χ3v) is 9.67. The molecular weight excluding hydrogens is 514 g/mol. The van der Waals surface area contributed by atoms with E-state index in [-0.39, 0.29) is 24.5 Å². The summed E-state index contributed by atoms with van der Waals surface area (Å²) in [7, 11) is 0. The van der Waals surface area contributed by atoms with E-state index in [1.165, 1.54) is 5.57 Å². The highest BCUT2D eigenvalue weighted by atomic mass is 16.5. The quantitative estimate of drug-likeness (QED) is 0.151. The van der Waals surface area contributed by atoms with Gasteiger partial charge in [-0.3, -0.25) is 4.79 Å². The number of carbonyl (C=O) groups excluding carboxylic acids is 1. The summed E-state index contributed by atoms with van der Waals surface area (Å²) in [5.74, 6) is 5.91. The maximum absolute atomic E-state index is 12.2. The van der Waals surface area contributed by atoms with Crippen LogP contribution in [0, 0.1) is 29.1 Å². The van der Waals surface area contributed by atoms with Crippen LogP contribution in [0.1, 0.15) is 79.1 Å². The summed E-state index contributed by atoms with van der Waals surface area (Å²) in [6.07, 6.45) is 13.4. The first-order valence-corrected chi connectivity index (χ1v) is 15.3. The number of aliphatic hydroxyl groups excluding tert-OH is 2. The predicted molar refractivity (Wildman–Crippen MR) is 165 cm³/mol. The third kappa shape index (κ3) is 7.58. The van der Waals surface area contributed by atoms with Crippen molar-refractivity contribution in [3.63, 3.8) is 0 Å². The Morgan fingerprint density at radius 3 is 2.80 bits per heavy atom. The van der Waals surface area contributed by atoms with E-state index in [2.05, 4.69) is 43.7 Å².